The van der Waals surface area contributed by atoms with Crippen LogP contribution in [0.2, 0.25) is 0 Å². The van der Waals surface area contributed by atoms with Gasteiger partial charge in [-0.05, 0) is 69.3 Å². The molecule has 0 fully saturated rings. The van der Waals surface area contributed by atoms with Crippen LogP contribution < -0.4 is 15.4 Å². The molecule has 0 spiro atoms. The molecule has 0 atom stereocenters. The monoisotopic (exact) mass is 389 g/mol. The number of aromatic nitrogens is 1. The second kappa shape index (κ2) is 9.01. The molecule has 0 aliphatic rings. The number of nitrogens with zero attached hydrogens (tertiary/aromatic N) is 1. The van der Waals surface area contributed by atoms with E-state index in [0.29, 0.717) is 11.4 Å². The number of aryl methyl sites for hydroxylation is 1. The maximum Gasteiger partial charge on any atom is 0.274 e. The Balaban J connectivity index is 1.67. The predicted molar refractivity (Wildman–Crippen MR) is 114 cm³/mol. The fourth-order valence-corrected chi connectivity index (χ4v) is 2.60. The number of pyridine rings is 1. The molecule has 2 N–H and O–H groups in total. The Kier molecular flexibility index (Phi) is 6.24. The number of benzene rings is 2. The Labute approximate surface area is 169 Å². The van der Waals surface area contributed by atoms with Crippen molar-refractivity contribution in [2.45, 2.75) is 26.9 Å². The SMILES string of the molecule is Cc1ccc(NC(=O)c2cccc(C(=O)Nc3ccc(OC(C)C)cc3)n2)cc1. The zero-order valence-corrected chi connectivity index (χ0v) is 16.6. The average molecular weight is 389 g/mol. The van der Waals surface area contributed by atoms with Gasteiger partial charge >= 0.3 is 0 Å². The lowest BCUT2D eigenvalue weighted by atomic mass is 10.2. The number of carbonyl (C=O) groups excluding carboxylic acids is 2. The van der Waals surface area contributed by atoms with Crippen molar-refractivity contribution < 1.29 is 14.3 Å². The number of amides is 2. The van der Waals surface area contributed by atoms with Crippen LogP contribution in [0.25, 0.3) is 0 Å². The van der Waals surface area contributed by atoms with Crippen molar-refractivity contribution in [3.05, 3.63) is 83.7 Å². The van der Waals surface area contributed by atoms with Gasteiger partial charge in [-0.2, -0.15) is 0 Å². The minimum Gasteiger partial charge on any atom is -0.491 e. The predicted octanol–water partition coefficient (Wildman–Crippen LogP) is 4.68. The quantitative estimate of drug-likeness (QED) is 0.641. The first-order valence-corrected chi connectivity index (χ1v) is 9.34. The van der Waals surface area contributed by atoms with Crippen molar-refractivity contribution >= 4 is 23.2 Å². The van der Waals surface area contributed by atoms with Crippen LogP contribution in [0.1, 0.15) is 40.4 Å². The van der Waals surface area contributed by atoms with Crippen molar-refractivity contribution in [3.63, 3.8) is 0 Å². The Bertz CT molecular complexity index is 997. The molecule has 29 heavy (non-hydrogen) atoms. The van der Waals surface area contributed by atoms with E-state index >= 15 is 0 Å². The molecule has 2 aromatic carbocycles. The fourth-order valence-electron chi connectivity index (χ4n) is 2.60. The standard InChI is InChI=1S/C23H23N3O3/c1-15(2)29-19-13-11-18(12-14-19)25-23(28)21-6-4-5-20(26-21)22(27)24-17-9-7-16(3)8-10-17/h4-15H,1-3H3,(H,24,27)(H,25,28). The molecular weight excluding hydrogens is 366 g/mol. The molecule has 0 bridgehead atoms. The maximum atomic E-state index is 12.5. The number of hydrogen-bond acceptors (Lipinski definition) is 4. The van der Waals surface area contributed by atoms with E-state index in [0.717, 1.165) is 11.3 Å². The van der Waals surface area contributed by atoms with Gasteiger partial charge in [-0.3, -0.25) is 9.59 Å². The second-order valence-corrected chi connectivity index (χ2v) is 6.87. The normalized spacial score (nSPS) is 10.5. The van der Waals surface area contributed by atoms with Gasteiger partial charge in [-0.1, -0.05) is 23.8 Å². The van der Waals surface area contributed by atoms with Crippen molar-refractivity contribution in [3.8, 4) is 5.75 Å². The lowest BCUT2D eigenvalue weighted by Crippen LogP contribution is -2.18. The van der Waals surface area contributed by atoms with E-state index < -0.39 is 5.91 Å². The summed E-state index contributed by atoms with van der Waals surface area (Å²) in [6, 6.07) is 19.3. The summed E-state index contributed by atoms with van der Waals surface area (Å²) in [6.07, 6.45) is 0.0773. The molecule has 0 aliphatic carbocycles. The van der Waals surface area contributed by atoms with E-state index in [-0.39, 0.29) is 23.4 Å². The van der Waals surface area contributed by atoms with Crippen molar-refractivity contribution in [1.29, 1.82) is 0 Å². The van der Waals surface area contributed by atoms with Gasteiger partial charge in [-0.15, -0.1) is 0 Å². The summed E-state index contributed by atoms with van der Waals surface area (Å²) in [5, 5.41) is 5.55. The lowest BCUT2D eigenvalue weighted by molar-refractivity contribution is 0.101. The van der Waals surface area contributed by atoms with Crippen LogP contribution in [-0.4, -0.2) is 22.9 Å². The molecule has 6 nitrogen and oxygen atoms in total. The molecule has 1 heterocycles. The molecule has 6 heteroatoms. The molecule has 3 aromatic rings. The highest BCUT2D eigenvalue weighted by atomic mass is 16.5. The highest BCUT2D eigenvalue weighted by Gasteiger charge is 2.13. The Morgan fingerprint density at radius 3 is 1.76 bits per heavy atom. The van der Waals surface area contributed by atoms with Crippen molar-refractivity contribution in [1.82, 2.24) is 4.98 Å². The molecule has 2 amide bonds. The summed E-state index contributed by atoms with van der Waals surface area (Å²) in [4.78, 5) is 29.1. The second-order valence-electron chi connectivity index (χ2n) is 6.87. The first-order valence-electron chi connectivity index (χ1n) is 9.34. The Hall–Kier alpha value is -3.67. The maximum absolute atomic E-state index is 12.5. The molecule has 0 saturated carbocycles. The van der Waals surface area contributed by atoms with E-state index in [1.807, 2.05) is 45.0 Å². The topological polar surface area (TPSA) is 80.3 Å². The summed E-state index contributed by atoms with van der Waals surface area (Å²) < 4.78 is 5.59. The number of ether oxygens (including phenoxy) is 1. The highest BCUT2D eigenvalue weighted by molar-refractivity contribution is 6.06. The summed E-state index contributed by atoms with van der Waals surface area (Å²) in [6.45, 7) is 5.87. The summed E-state index contributed by atoms with van der Waals surface area (Å²) in [5.41, 5.74) is 2.70. The van der Waals surface area contributed by atoms with Gasteiger partial charge in [0, 0.05) is 11.4 Å². The zero-order valence-electron chi connectivity index (χ0n) is 16.6. The number of anilines is 2. The highest BCUT2D eigenvalue weighted by Crippen LogP contribution is 2.17. The number of carbonyl (C=O) groups is 2. The molecule has 0 unspecified atom stereocenters. The van der Waals surface area contributed by atoms with Crippen LogP contribution >= 0.6 is 0 Å². The molecule has 0 aliphatic heterocycles. The van der Waals surface area contributed by atoms with E-state index in [1.165, 1.54) is 0 Å². The number of rotatable bonds is 6. The van der Waals surface area contributed by atoms with E-state index in [9.17, 15) is 9.59 Å². The van der Waals surface area contributed by atoms with Crippen molar-refractivity contribution in [2.75, 3.05) is 10.6 Å². The number of hydrogen-bond donors (Lipinski definition) is 2. The number of nitrogens with one attached hydrogen (secondary N) is 2. The molecule has 0 radical (unpaired) electrons. The summed E-state index contributed by atoms with van der Waals surface area (Å²) in [5.74, 6) is -0.0443. The Morgan fingerprint density at radius 2 is 1.28 bits per heavy atom. The third-order valence-corrected chi connectivity index (χ3v) is 4.01. The minimum atomic E-state index is -0.396. The average Bonchev–Trinajstić information content (AvgIpc) is 2.71. The van der Waals surface area contributed by atoms with Crippen LogP contribution in [-0.2, 0) is 0 Å². The largest absolute Gasteiger partial charge is 0.491 e. The Morgan fingerprint density at radius 1 is 0.793 bits per heavy atom. The smallest absolute Gasteiger partial charge is 0.274 e. The van der Waals surface area contributed by atoms with Crippen molar-refractivity contribution in [2.24, 2.45) is 0 Å². The van der Waals surface area contributed by atoms with Crippen LogP contribution in [0.4, 0.5) is 11.4 Å². The van der Waals surface area contributed by atoms with Gasteiger partial charge in [0.05, 0.1) is 6.10 Å². The van der Waals surface area contributed by atoms with E-state index in [1.54, 1.807) is 42.5 Å². The third kappa shape index (κ3) is 5.65. The lowest BCUT2D eigenvalue weighted by Gasteiger charge is -2.11. The molecule has 1 aromatic heterocycles. The molecule has 148 valence electrons. The minimum absolute atomic E-state index is 0.0773. The van der Waals surface area contributed by atoms with Crippen LogP contribution in [0.15, 0.2) is 66.7 Å². The van der Waals surface area contributed by atoms with E-state index in [2.05, 4.69) is 15.6 Å². The fraction of sp³-hybridized carbons (Fsp3) is 0.174. The van der Waals surface area contributed by atoms with Crippen LogP contribution in [0.5, 0.6) is 5.75 Å². The van der Waals surface area contributed by atoms with Gasteiger partial charge in [0.1, 0.15) is 17.1 Å². The zero-order chi connectivity index (χ0) is 20.8. The van der Waals surface area contributed by atoms with Gasteiger partial charge in [0.2, 0.25) is 0 Å². The first kappa shape index (κ1) is 20.1. The molecular formula is C23H23N3O3. The molecule has 0 saturated heterocycles. The third-order valence-electron chi connectivity index (χ3n) is 4.01. The van der Waals surface area contributed by atoms with Gasteiger partial charge in [0.15, 0.2) is 0 Å². The summed E-state index contributed by atoms with van der Waals surface area (Å²) >= 11 is 0. The van der Waals surface area contributed by atoms with Gasteiger partial charge < -0.3 is 15.4 Å². The van der Waals surface area contributed by atoms with Gasteiger partial charge in [0.25, 0.3) is 11.8 Å². The van der Waals surface area contributed by atoms with Crippen LogP contribution in [0.3, 0.4) is 0 Å². The first-order chi connectivity index (χ1) is 13.9. The van der Waals surface area contributed by atoms with Gasteiger partial charge in [-0.25, -0.2) is 4.98 Å². The van der Waals surface area contributed by atoms with Crippen LogP contribution in [0, 0.1) is 6.92 Å². The molecule has 3 rings (SSSR count). The van der Waals surface area contributed by atoms with E-state index in [4.69, 9.17) is 4.74 Å². The summed E-state index contributed by atoms with van der Waals surface area (Å²) in [7, 11) is 0.